The number of H-pyrrole nitrogens is 1. The van der Waals surface area contributed by atoms with Gasteiger partial charge in [0.1, 0.15) is 24.7 Å². The fourth-order valence-corrected chi connectivity index (χ4v) is 2.99. The van der Waals surface area contributed by atoms with Gasteiger partial charge in [0.05, 0.1) is 22.3 Å². The van der Waals surface area contributed by atoms with Crippen molar-refractivity contribution < 1.29 is 22.6 Å². The average molecular weight is 377 g/mol. The summed E-state index contributed by atoms with van der Waals surface area (Å²) in [5, 5.41) is 3.13. The highest BCUT2D eigenvalue weighted by Crippen LogP contribution is 2.41. The Labute approximate surface area is 152 Å². The second-order valence-electron chi connectivity index (χ2n) is 6.22. The second-order valence-corrected chi connectivity index (χ2v) is 6.22. The van der Waals surface area contributed by atoms with Gasteiger partial charge in [-0.05, 0) is 12.1 Å². The minimum atomic E-state index is -4.47. The van der Waals surface area contributed by atoms with Gasteiger partial charge in [-0.25, -0.2) is 4.98 Å². The number of anilines is 3. The highest BCUT2D eigenvalue weighted by Gasteiger charge is 2.35. The quantitative estimate of drug-likeness (QED) is 0.723. The first kappa shape index (κ1) is 17.3. The van der Waals surface area contributed by atoms with Gasteiger partial charge >= 0.3 is 6.18 Å². The summed E-state index contributed by atoms with van der Waals surface area (Å²) in [7, 11) is 3.37. The molecule has 3 heterocycles. The van der Waals surface area contributed by atoms with Crippen LogP contribution in [-0.4, -0.2) is 37.3 Å². The first-order valence-electron chi connectivity index (χ1n) is 8.18. The van der Waals surface area contributed by atoms with E-state index in [1.165, 1.54) is 0 Å². The number of rotatable bonds is 3. The van der Waals surface area contributed by atoms with E-state index < -0.39 is 11.7 Å². The van der Waals surface area contributed by atoms with Gasteiger partial charge in [0, 0.05) is 32.4 Å². The molecule has 0 unspecified atom stereocenters. The fourth-order valence-electron chi connectivity index (χ4n) is 2.99. The Morgan fingerprint density at radius 1 is 1.26 bits per heavy atom. The molecule has 0 spiro atoms. The van der Waals surface area contributed by atoms with Crippen molar-refractivity contribution in [3.8, 4) is 11.5 Å². The van der Waals surface area contributed by atoms with E-state index in [1.807, 2.05) is 0 Å². The molecule has 9 heteroatoms. The molecule has 1 radical (unpaired) electrons. The lowest BCUT2D eigenvalue weighted by atomic mass is 10.1. The molecule has 0 bridgehead atoms. The Balaban J connectivity index is 1.80. The Bertz CT molecular complexity index is 998. The number of aromatic nitrogens is 2. The number of alkyl halides is 3. The largest absolute Gasteiger partial charge is 0.485 e. The zero-order valence-electron chi connectivity index (χ0n) is 14.6. The maximum absolute atomic E-state index is 13.3. The number of pyridine rings is 1. The first-order chi connectivity index (χ1) is 12.8. The van der Waals surface area contributed by atoms with Crippen molar-refractivity contribution in [1.29, 1.82) is 0 Å². The smallest absolute Gasteiger partial charge is 0.418 e. The SMILES string of the molecule is CN(C)c1cc(Nc2cc[c]c3c2OCCO3)nc2[nH]cc(C(F)(F)F)c12. The van der Waals surface area contributed by atoms with Crippen LogP contribution in [0.4, 0.5) is 30.4 Å². The van der Waals surface area contributed by atoms with Crippen LogP contribution >= 0.6 is 0 Å². The van der Waals surface area contributed by atoms with E-state index in [2.05, 4.69) is 21.4 Å². The number of hydrogen-bond donors (Lipinski definition) is 2. The van der Waals surface area contributed by atoms with Crippen molar-refractivity contribution in [2.24, 2.45) is 0 Å². The summed E-state index contributed by atoms with van der Waals surface area (Å²) < 4.78 is 51.1. The predicted molar refractivity (Wildman–Crippen MR) is 95.0 cm³/mol. The van der Waals surface area contributed by atoms with Gasteiger partial charge in [0.15, 0.2) is 11.5 Å². The Morgan fingerprint density at radius 3 is 2.78 bits per heavy atom. The molecule has 0 aliphatic carbocycles. The van der Waals surface area contributed by atoms with Gasteiger partial charge in [-0.3, -0.25) is 0 Å². The summed E-state index contributed by atoms with van der Waals surface area (Å²) in [5.74, 6) is 1.36. The van der Waals surface area contributed by atoms with Crippen molar-refractivity contribution in [2.45, 2.75) is 6.18 Å². The molecule has 4 rings (SSSR count). The van der Waals surface area contributed by atoms with Crippen LogP contribution in [0.2, 0.25) is 0 Å². The third-order valence-electron chi connectivity index (χ3n) is 4.16. The molecule has 2 N–H and O–H groups in total. The number of aromatic amines is 1. The van der Waals surface area contributed by atoms with E-state index in [1.54, 1.807) is 37.2 Å². The van der Waals surface area contributed by atoms with Crippen molar-refractivity contribution >= 4 is 28.2 Å². The van der Waals surface area contributed by atoms with E-state index in [9.17, 15) is 13.2 Å². The van der Waals surface area contributed by atoms with Gasteiger partial charge in [0.2, 0.25) is 0 Å². The van der Waals surface area contributed by atoms with Crippen LogP contribution in [0, 0.1) is 6.07 Å². The molecule has 3 aromatic rings. The number of halogens is 3. The molecule has 0 saturated heterocycles. The lowest BCUT2D eigenvalue weighted by Gasteiger charge is -2.21. The number of nitrogens with one attached hydrogen (secondary N) is 2. The molecule has 2 aromatic heterocycles. The molecule has 1 aromatic carbocycles. The zero-order chi connectivity index (χ0) is 19.2. The molecule has 1 aliphatic heterocycles. The zero-order valence-corrected chi connectivity index (χ0v) is 14.6. The van der Waals surface area contributed by atoms with Gasteiger partial charge in [-0.2, -0.15) is 13.2 Å². The summed E-state index contributed by atoms with van der Waals surface area (Å²) in [6.07, 6.45) is -3.54. The van der Waals surface area contributed by atoms with Crippen LogP contribution in [0.5, 0.6) is 11.5 Å². The molecular weight excluding hydrogens is 361 g/mol. The van der Waals surface area contributed by atoms with Crippen molar-refractivity contribution in [3.63, 3.8) is 0 Å². The van der Waals surface area contributed by atoms with Crippen LogP contribution in [0.25, 0.3) is 11.0 Å². The number of benzene rings is 1. The average Bonchev–Trinajstić information content (AvgIpc) is 3.05. The van der Waals surface area contributed by atoms with Crippen LogP contribution < -0.4 is 19.7 Å². The van der Waals surface area contributed by atoms with E-state index in [0.717, 1.165) is 6.20 Å². The molecular formula is C18H16F3N4O2. The van der Waals surface area contributed by atoms with Gasteiger partial charge in [0.25, 0.3) is 0 Å². The normalized spacial score (nSPS) is 13.7. The van der Waals surface area contributed by atoms with Crippen LogP contribution in [0.1, 0.15) is 5.56 Å². The monoisotopic (exact) mass is 377 g/mol. The molecule has 0 fully saturated rings. The summed E-state index contributed by atoms with van der Waals surface area (Å²) in [5.41, 5.74) is 0.389. The maximum Gasteiger partial charge on any atom is 0.418 e. The van der Waals surface area contributed by atoms with E-state index in [-0.39, 0.29) is 11.0 Å². The van der Waals surface area contributed by atoms with E-state index >= 15 is 0 Å². The van der Waals surface area contributed by atoms with Gasteiger partial charge < -0.3 is 24.7 Å². The second kappa shape index (κ2) is 6.26. The van der Waals surface area contributed by atoms with Crippen molar-refractivity contribution in [1.82, 2.24) is 9.97 Å². The molecule has 27 heavy (non-hydrogen) atoms. The lowest BCUT2D eigenvalue weighted by Crippen LogP contribution is -2.16. The Kier molecular flexibility index (Phi) is 4.01. The third-order valence-corrected chi connectivity index (χ3v) is 4.16. The standard InChI is InChI=1S/C18H16F3N4O2/c1-25(2)12-8-14(24-17-15(12)10(9-22-17)18(19,20)21)23-11-4-3-5-13-16(11)27-7-6-26-13/h3-4,8-9H,6-7H2,1-2H3,(H2,22,23,24). The summed E-state index contributed by atoms with van der Waals surface area (Å²) in [6, 6.07) is 7.93. The maximum atomic E-state index is 13.3. The molecule has 1 aliphatic rings. The number of nitrogens with zero attached hydrogens (tertiary/aromatic N) is 2. The van der Waals surface area contributed by atoms with Crippen LogP contribution in [-0.2, 0) is 6.18 Å². The number of hydrogen-bond acceptors (Lipinski definition) is 5. The van der Waals surface area contributed by atoms with Crippen molar-refractivity contribution in [2.75, 3.05) is 37.5 Å². The molecule has 141 valence electrons. The van der Waals surface area contributed by atoms with Crippen LogP contribution in [0.15, 0.2) is 24.4 Å². The Morgan fingerprint density at radius 2 is 2.04 bits per heavy atom. The van der Waals surface area contributed by atoms with Crippen LogP contribution in [0.3, 0.4) is 0 Å². The minimum Gasteiger partial charge on any atom is -0.485 e. The third kappa shape index (κ3) is 3.09. The van der Waals surface area contributed by atoms with Gasteiger partial charge in [-0.1, -0.05) is 0 Å². The summed E-state index contributed by atoms with van der Waals surface area (Å²) in [4.78, 5) is 8.53. The topological polar surface area (TPSA) is 62.4 Å². The highest BCUT2D eigenvalue weighted by molar-refractivity contribution is 5.95. The molecule has 0 atom stereocenters. The number of fused-ring (bicyclic) bond motifs is 2. The summed E-state index contributed by atoms with van der Waals surface area (Å²) >= 11 is 0. The predicted octanol–water partition coefficient (Wildman–Crippen LogP) is 3.96. The van der Waals surface area contributed by atoms with Gasteiger partial charge in [-0.15, -0.1) is 0 Å². The van der Waals surface area contributed by atoms with Crippen molar-refractivity contribution in [3.05, 3.63) is 36.0 Å². The van der Waals surface area contributed by atoms with E-state index in [4.69, 9.17) is 9.47 Å². The minimum absolute atomic E-state index is 0.0288. The fraction of sp³-hybridized carbons (Fsp3) is 0.278. The molecule has 0 saturated carbocycles. The molecule has 0 amide bonds. The lowest BCUT2D eigenvalue weighted by molar-refractivity contribution is -0.136. The highest BCUT2D eigenvalue weighted by atomic mass is 19.4. The first-order valence-corrected chi connectivity index (χ1v) is 8.18. The summed E-state index contributed by atoms with van der Waals surface area (Å²) in [6.45, 7) is 0.838. The van der Waals surface area contributed by atoms with E-state index in [0.29, 0.717) is 41.9 Å². The molecule has 6 nitrogen and oxygen atoms in total. The Hall–Kier alpha value is -3.10. The number of ether oxygens (including phenoxy) is 2.